The average molecular weight is 288 g/mol. The molecular weight excluding hydrogens is 272 g/mol. The Balaban J connectivity index is 2.00. The van der Waals surface area contributed by atoms with Gasteiger partial charge in [-0.3, -0.25) is 9.59 Å². The minimum absolute atomic E-state index is 0.0829. The number of benzene rings is 1. The van der Waals surface area contributed by atoms with Crippen LogP contribution in [-0.2, 0) is 11.2 Å². The molecule has 2 aromatic rings. The Bertz CT molecular complexity index is 594. The van der Waals surface area contributed by atoms with E-state index in [9.17, 15) is 9.59 Å². The average Bonchev–Trinajstić information content (AvgIpc) is 2.92. The van der Waals surface area contributed by atoms with Crippen LogP contribution < -0.4 is 10.6 Å². The Morgan fingerprint density at radius 2 is 2.05 bits per heavy atom. The van der Waals surface area contributed by atoms with Gasteiger partial charge in [0.15, 0.2) is 0 Å². The largest absolute Gasteiger partial charge is 0.352 e. The molecule has 2 amide bonds. The lowest BCUT2D eigenvalue weighted by Gasteiger charge is -2.07. The zero-order chi connectivity index (χ0) is 14.4. The van der Waals surface area contributed by atoms with E-state index >= 15 is 0 Å². The fraction of sp³-hybridized carbons (Fsp3) is 0.200. The maximum atomic E-state index is 11.9. The Morgan fingerprint density at radius 3 is 2.75 bits per heavy atom. The van der Waals surface area contributed by atoms with Crippen LogP contribution in [0.2, 0.25) is 0 Å². The number of carbonyl (C=O) groups excluding carboxylic acids is 2. The quantitative estimate of drug-likeness (QED) is 0.888. The number of thiophene rings is 1. The fourth-order valence-electron chi connectivity index (χ4n) is 1.78. The van der Waals surface area contributed by atoms with Crippen molar-refractivity contribution in [3.8, 4) is 0 Å². The van der Waals surface area contributed by atoms with Crippen molar-refractivity contribution in [3.05, 3.63) is 52.2 Å². The molecule has 0 saturated carbocycles. The number of carbonyl (C=O) groups is 2. The minimum Gasteiger partial charge on any atom is -0.352 e. The van der Waals surface area contributed by atoms with Gasteiger partial charge in [0.2, 0.25) is 5.91 Å². The van der Waals surface area contributed by atoms with Crippen molar-refractivity contribution >= 4 is 28.8 Å². The highest BCUT2D eigenvalue weighted by atomic mass is 32.1. The molecule has 0 aliphatic heterocycles. The van der Waals surface area contributed by atoms with Crippen LogP contribution in [0.5, 0.6) is 0 Å². The number of hydrogen-bond acceptors (Lipinski definition) is 3. The molecule has 0 fully saturated rings. The lowest BCUT2D eigenvalue weighted by molar-refractivity contribution is -0.115. The molecule has 1 aromatic heterocycles. The monoisotopic (exact) mass is 288 g/mol. The molecule has 0 aliphatic carbocycles. The predicted molar refractivity (Wildman–Crippen MR) is 81.1 cm³/mol. The summed E-state index contributed by atoms with van der Waals surface area (Å²) in [6, 6.07) is 10.8. The lowest BCUT2D eigenvalue weighted by atomic mass is 10.2. The van der Waals surface area contributed by atoms with Crippen LogP contribution in [0.4, 0.5) is 5.69 Å². The number of rotatable bonds is 5. The molecule has 0 unspecified atom stereocenters. The van der Waals surface area contributed by atoms with E-state index in [4.69, 9.17) is 0 Å². The van der Waals surface area contributed by atoms with Crippen LogP contribution in [0, 0.1) is 0 Å². The van der Waals surface area contributed by atoms with Crippen molar-refractivity contribution in [2.75, 3.05) is 11.9 Å². The first-order valence-corrected chi connectivity index (χ1v) is 7.27. The van der Waals surface area contributed by atoms with Crippen LogP contribution in [0.25, 0.3) is 0 Å². The van der Waals surface area contributed by atoms with Gasteiger partial charge in [-0.2, -0.15) is 0 Å². The van der Waals surface area contributed by atoms with Gasteiger partial charge in [0.1, 0.15) is 0 Å². The van der Waals surface area contributed by atoms with E-state index in [0.29, 0.717) is 24.2 Å². The van der Waals surface area contributed by atoms with Crippen molar-refractivity contribution in [1.29, 1.82) is 0 Å². The summed E-state index contributed by atoms with van der Waals surface area (Å²) in [6.07, 6.45) is 0.350. The zero-order valence-corrected chi connectivity index (χ0v) is 12.0. The van der Waals surface area contributed by atoms with Gasteiger partial charge in [-0.05, 0) is 36.6 Å². The summed E-state index contributed by atoms with van der Waals surface area (Å²) < 4.78 is 0. The third-order valence-corrected chi connectivity index (χ3v) is 3.54. The van der Waals surface area contributed by atoms with Crippen LogP contribution in [0.15, 0.2) is 41.8 Å². The summed E-state index contributed by atoms with van der Waals surface area (Å²) in [5.41, 5.74) is 1.18. The first-order valence-electron chi connectivity index (χ1n) is 6.39. The molecule has 2 rings (SSSR count). The van der Waals surface area contributed by atoms with Crippen LogP contribution in [-0.4, -0.2) is 18.4 Å². The Hall–Kier alpha value is -2.14. The SMILES string of the molecule is CCNC(=O)c1cccc(NC(=O)Cc2cccs2)c1. The number of anilines is 1. The molecule has 0 saturated heterocycles. The highest BCUT2D eigenvalue weighted by Gasteiger charge is 2.08. The van der Waals surface area contributed by atoms with E-state index in [1.165, 1.54) is 0 Å². The smallest absolute Gasteiger partial charge is 0.251 e. The molecule has 104 valence electrons. The lowest BCUT2D eigenvalue weighted by Crippen LogP contribution is -2.23. The molecular formula is C15H16N2O2S. The van der Waals surface area contributed by atoms with Crippen LogP contribution in [0.1, 0.15) is 22.2 Å². The first kappa shape index (κ1) is 14.3. The molecule has 4 nitrogen and oxygen atoms in total. The summed E-state index contributed by atoms with van der Waals surface area (Å²) in [6.45, 7) is 2.44. The molecule has 2 N–H and O–H groups in total. The number of hydrogen-bond donors (Lipinski definition) is 2. The normalized spacial score (nSPS) is 10.1. The van der Waals surface area contributed by atoms with Crippen LogP contribution >= 0.6 is 11.3 Å². The van der Waals surface area contributed by atoms with Crippen molar-refractivity contribution in [2.24, 2.45) is 0 Å². The molecule has 1 heterocycles. The summed E-state index contributed by atoms with van der Waals surface area (Å²) >= 11 is 1.55. The Morgan fingerprint density at radius 1 is 1.20 bits per heavy atom. The van der Waals surface area contributed by atoms with E-state index in [1.807, 2.05) is 24.4 Å². The third kappa shape index (κ3) is 3.93. The zero-order valence-electron chi connectivity index (χ0n) is 11.2. The topological polar surface area (TPSA) is 58.2 Å². The second-order valence-corrected chi connectivity index (χ2v) is 5.28. The van der Waals surface area contributed by atoms with Gasteiger partial charge >= 0.3 is 0 Å². The standard InChI is InChI=1S/C15H16N2O2S/c1-2-16-15(19)11-5-3-6-12(9-11)17-14(18)10-13-7-4-8-20-13/h3-9H,2,10H2,1H3,(H,16,19)(H,17,18). The van der Waals surface area contributed by atoms with Gasteiger partial charge in [-0.25, -0.2) is 0 Å². The van der Waals surface area contributed by atoms with Gasteiger partial charge < -0.3 is 10.6 Å². The van der Waals surface area contributed by atoms with Gasteiger partial charge in [0, 0.05) is 22.7 Å². The minimum atomic E-state index is -0.137. The van der Waals surface area contributed by atoms with Gasteiger partial charge in [0.05, 0.1) is 6.42 Å². The second-order valence-electron chi connectivity index (χ2n) is 4.24. The maximum absolute atomic E-state index is 11.9. The number of amides is 2. The van der Waals surface area contributed by atoms with Gasteiger partial charge in [-0.15, -0.1) is 11.3 Å². The molecule has 20 heavy (non-hydrogen) atoms. The summed E-state index contributed by atoms with van der Waals surface area (Å²) in [5.74, 6) is -0.220. The Labute approximate surface area is 121 Å². The highest BCUT2D eigenvalue weighted by Crippen LogP contribution is 2.13. The molecule has 0 spiro atoms. The molecule has 0 bridgehead atoms. The van der Waals surface area contributed by atoms with E-state index in [-0.39, 0.29) is 11.8 Å². The van der Waals surface area contributed by atoms with Gasteiger partial charge in [0.25, 0.3) is 5.91 Å². The van der Waals surface area contributed by atoms with Crippen molar-refractivity contribution in [3.63, 3.8) is 0 Å². The molecule has 0 aliphatic rings. The highest BCUT2D eigenvalue weighted by molar-refractivity contribution is 7.10. The van der Waals surface area contributed by atoms with E-state index < -0.39 is 0 Å². The molecule has 0 atom stereocenters. The predicted octanol–water partition coefficient (Wildman–Crippen LogP) is 2.68. The van der Waals surface area contributed by atoms with E-state index in [0.717, 1.165) is 4.88 Å². The molecule has 0 radical (unpaired) electrons. The van der Waals surface area contributed by atoms with Crippen molar-refractivity contribution in [2.45, 2.75) is 13.3 Å². The van der Waals surface area contributed by atoms with Crippen molar-refractivity contribution in [1.82, 2.24) is 5.32 Å². The maximum Gasteiger partial charge on any atom is 0.251 e. The third-order valence-electron chi connectivity index (χ3n) is 2.66. The van der Waals surface area contributed by atoms with Crippen molar-refractivity contribution < 1.29 is 9.59 Å². The summed E-state index contributed by atoms with van der Waals surface area (Å²) in [5, 5.41) is 7.48. The first-order chi connectivity index (χ1) is 9.69. The van der Waals surface area contributed by atoms with E-state index in [2.05, 4.69) is 10.6 Å². The van der Waals surface area contributed by atoms with Crippen LogP contribution in [0.3, 0.4) is 0 Å². The molecule has 1 aromatic carbocycles. The van der Waals surface area contributed by atoms with E-state index in [1.54, 1.807) is 35.6 Å². The van der Waals surface area contributed by atoms with Gasteiger partial charge in [-0.1, -0.05) is 12.1 Å². The Kier molecular flexibility index (Phi) is 4.90. The second kappa shape index (κ2) is 6.86. The fourth-order valence-corrected chi connectivity index (χ4v) is 2.48. The molecule has 5 heteroatoms. The summed E-state index contributed by atoms with van der Waals surface area (Å²) in [4.78, 5) is 24.6. The number of nitrogens with one attached hydrogen (secondary N) is 2. The summed E-state index contributed by atoms with van der Waals surface area (Å²) in [7, 11) is 0.